The second-order valence-corrected chi connectivity index (χ2v) is 8.86. The molecule has 1 heterocycles. The fraction of sp³-hybridized carbons (Fsp3) is 0.261. The summed E-state index contributed by atoms with van der Waals surface area (Å²) in [5.41, 5.74) is 0.987. The summed E-state index contributed by atoms with van der Waals surface area (Å²) >= 11 is 13.3. The molecule has 0 saturated heterocycles. The summed E-state index contributed by atoms with van der Waals surface area (Å²) in [6.07, 6.45) is 9.29. The van der Waals surface area contributed by atoms with Gasteiger partial charge in [0, 0.05) is 20.9 Å². The zero-order valence-corrected chi connectivity index (χ0v) is 21.4. The van der Waals surface area contributed by atoms with Crippen LogP contribution in [0, 0.1) is 12.3 Å². The van der Waals surface area contributed by atoms with E-state index in [0.29, 0.717) is 49.7 Å². The van der Waals surface area contributed by atoms with Gasteiger partial charge in [-0.2, -0.15) is 9.78 Å². The Bertz CT molecular complexity index is 1280. The van der Waals surface area contributed by atoms with Crippen molar-refractivity contribution < 1.29 is 9.47 Å². The first-order valence-electron chi connectivity index (χ1n) is 9.79. The number of methoxy groups -OCH3 is 1. The minimum Gasteiger partial charge on any atom is -0.493 e. The average Bonchev–Trinajstić information content (AvgIpc) is 2.79. The molecule has 2 aromatic carbocycles. The van der Waals surface area contributed by atoms with Gasteiger partial charge >= 0.3 is 0 Å². The molecule has 0 atom stereocenters. The van der Waals surface area contributed by atoms with Gasteiger partial charge in [0.15, 0.2) is 11.5 Å². The number of hydrogen-bond acceptors (Lipinski definition) is 5. The van der Waals surface area contributed by atoms with Gasteiger partial charge in [-0.15, -0.1) is 6.42 Å². The zero-order valence-electron chi connectivity index (χ0n) is 17.5. The molecule has 32 heavy (non-hydrogen) atoms. The fourth-order valence-electron chi connectivity index (χ4n) is 3.03. The Morgan fingerprint density at radius 1 is 1.34 bits per heavy atom. The van der Waals surface area contributed by atoms with Crippen LogP contribution in [0.15, 0.2) is 43.1 Å². The SMILES string of the molecule is C#CCOc1c(OC)cc(C=Nn2c(CCCC)nc3ccc(Br)cc3c2=O)c(Br)c1Cl. The quantitative estimate of drug-likeness (QED) is 0.248. The van der Waals surface area contributed by atoms with E-state index in [4.69, 9.17) is 27.5 Å². The third kappa shape index (κ3) is 5.17. The molecule has 0 bridgehead atoms. The lowest BCUT2D eigenvalue weighted by molar-refractivity contribution is 0.331. The molecule has 3 rings (SSSR count). The maximum Gasteiger partial charge on any atom is 0.282 e. The number of unbranched alkanes of at least 4 members (excludes halogenated alkanes) is 1. The number of nitrogens with zero attached hydrogens (tertiary/aromatic N) is 3. The second-order valence-electron chi connectivity index (χ2n) is 6.77. The largest absolute Gasteiger partial charge is 0.493 e. The minimum absolute atomic E-state index is 0.0461. The van der Waals surface area contributed by atoms with Gasteiger partial charge < -0.3 is 9.47 Å². The average molecular weight is 582 g/mol. The summed E-state index contributed by atoms with van der Waals surface area (Å²) in [5.74, 6) is 3.71. The van der Waals surface area contributed by atoms with Crippen LogP contribution in [0.3, 0.4) is 0 Å². The number of fused-ring (bicyclic) bond motifs is 1. The van der Waals surface area contributed by atoms with Gasteiger partial charge in [0.2, 0.25) is 0 Å². The third-order valence-electron chi connectivity index (χ3n) is 4.62. The molecule has 0 spiro atoms. The highest BCUT2D eigenvalue weighted by molar-refractivity contribution is 9.10. The molecule has 9 heteroatoms. The molecule has 0 amide bonds. The number of ether oxygens (including phenoxy) is 2. The van der Waals surface area contributed by atoms with E-state index in [9.17, 15) is 4.79 Å². The van der Waals surface area contributed by atoms with Crippen LogP contribution in [-0.4, -0.2) is 29.6 Å². The summed E-state index contributed by atoms with van der Waals surface area (Å²) in [7, 11) is 1.50. The summed E-state index contributed by atoms with van der Waals surface area (Å²) in [6.45, 7) is 2.13. The predicted molar refractivity (Wildman–Crippen MR) is 135 cm³/mol. The third-order valence-corrected chi connectivity index (χ3v) is 6.55. The lowest BCUT2D eigenvalue weighted by Crippen LogP contribution is -2.22. The normalized spacial score (nSPS) is 11.1. The van der Waals surface area contributed by atoms with E-state index in [1.165, 1.54) is 18.0 Å². The molecule has 0 aliphatic heterocycles. The molecule has 6 nitrogen and oxygen atoms in total. The van der Waals surface area contributed by atoms with Crippen LogP contribution in [0.25, 0.3) is 10.9 Å². The van der Waals surface area contributed by atoms with Gasteiger partial charge in [0.05, 0.1) is 24.2 Å². The van der Waals surface area contributed by atoms with E-state index >= 15 is 0 Å². The van der Waals surface area contributed by atoms with E-state index in [1.807, 2.05) is 12.1 Å². The molecule has 0 radical (unpaired) electrons. The molecule has 1 aromatic heterocycles. The first kappa shape index (κ1) is 24.3. The van der Waals surface area contributed by atoms with E-state index in [-0.39, 0.29) is 12.2 Å². The Hall–Kier alpha value is -2.34. The molecular weight excluding hydrogens is 562 g/mol. The number of aryl methyl sites for hydroxylation is 1. The van der Waals surface area contributed by atoms with Gasteiger partial charge in [-0.05, 0) is 46.6 Å². The van der Waals surface area contributed by atoms with E-state index in [1.54, 1.807) is 12.1 Å². The molecule has 0 aliphatic carbocycles. The van der Waals surface area contributed by atoms with Gasteiger partial charge in [-0.3, -0.25) is 4.79 Å². The monoisotopic (exact) mass is 579 g/mol. The highest BCUT2D eigenvalue weighted by Gasteiger charge is 2.17. The summed E-state index contributed by atoms with van der Waals surface area (Å²) < 4.78 is 13.6. The van der Waals surface area contributed by atoms with Gasteiger partial charge in [0.1, 0.15) is 17.5 Å². The van der Waals surface area contributed by atoms with Crippen molar-refractivity contribution in [3.05, 3.63) is 60.0 Å². The number of terminal acetylenes is 1. The van der Waals surface area contributed by atoms with Crippen LogP contribution in [0.5, 0.6) is 11.5 Å². The standard InChI is InChI=1S/C23H20Br2ClN3O3/c1-4-6-7-19-28-17-9-8-15(24)12-16(17)23(30)29(19)27-13-14-11-18(31-3)22(32-10-5-2)21(26)20(14)25/h2,8-9,11-13H,4,6-7,10H2,1,3H3. The lowest BCUT2D eigenvalue weighted by Gasteiger charge is -2.14. The van der Waals surface area contributed by atoms with Crippen LogP contribution in [0.1, 0.15) is 31.2 Å². The van der Waals surface area contributed by atoms with Crippen molar-refractivity contribution >= 4 is 60.6 Å². The number of aromatic nitrogens is 2. The van der Waals surface area contributed by atoms with Crippen molar-refractivity contribution in [3.63, 3.8) is 0 Å². The van der Waals surface area contributed by atoms with Gasteiger partial charge in [-0.1, -0.05) is 46.8 Å². The summed E-state index contributed by atoms with van der Waals surface area (Å²) in [4.78, 5) is 17.9. The van der Waals surface area contributed by atoms with Crippen molar-refractivity contribution in [1.29, 1.82) is 0 Å². The maximum absolute atomic E-state index is 13.2. The Balaban J connectivity index is 2.13. The number of hydrogen-bond donors (Lipinski definition) is 0. The van der Waals surface area contributed by atoms with Crippen molar-refractivity contribution in [3.8, 4) is 23.8 Å². The van der Waals surface area contributed by atoms with Crippen LogP contribution in [0.4, 0.5) is 0 Å². The Morgan fingerprint density at radius 3 is 2.81 bits per heavy atom. The Morgan fingerprint density at radius 2 is 2.12 bits per heavy atom. The van der Waals surface area contributed by atoms with E-state index < -0.39 is 0 Å². The number of benzene rings is 2. The fourth-order valence-corrected chi connectivity index (χ4v) is 4.04. The van der Waals surface area contributed by atoms with Crippen molar-refractivity contribution in [2.24, 2.45) is 5.10 Å². The lowest BCUT2D eigenvalue weighted by atomic mass is 10.2. The molecule has 0 aliphatic rings. The van der Waals surface area contributed by atoms with Crippen LogP contribution < -0.4 is 15.0 Å². The maximum atomic E-state index is 13.2. The highest BCUT2D eigenvalue weighted by Crippen LogP contribution is 2.42. The molecular formula is C23H20Br2ClN3O3. The predicted octanol–water partition coefficient (Wildman–Crippen LogP) is 5.82. The number of halogens is 3. The van der Waals surface area contributed by atoms with Crippen LogP contribution >= 0.6 is 43.5 Å². The summed E-state index contributed by atoms with van der Waals surface area (Å²) in [5, 5.41) is 5.23. The van der Waals surface area contributed by atoms with Crippen molar-refractivity contribution in [1.82, 2.24) is 9.66 Å². The molecule has 0 unspecified atom stereocenters. The molecule has 166 valence electrons. The first-order chi connectivity index (χ1) is 15.4. The topological polar surface area (TPSA) is 65.7 Å². The molecule has 0 fully saturated rings. The molecule has 0 N–H and O–H groups in total. The Labute approximate surface area is 207 Å². The molecule has 3 aromatic rings. The van der Waals surface area contributed by atoms with Crippen LogP contribution in [0.2, 0.25) is 5.02 Å². The number of rotatable bonds is 8. The highest BCUT2D eigenvalue weighted by atomic mass is 79.9. The van der Waals surface area contributed by atoms with Crippen molar-refractivity contribution in [2.75, 3.05) is 13.7 Å². The molecule has 0 saturated carbocycles. The summed E-state index contributed by atoms with van der Waals surface area (Å²) in [6, 6.07) is 7.13. The van der Waals surface area contributed by atoms with Gasteiger partial charge in [0.25, 0.3) is 5.56 Å². The zero-order chi connectivity index (χ0) is 23.3. The first-order valence-corrected chi connectivity index (χ1v) is 11.7. The van der Waals surface area contributed by atoms with E-state index in [2.05, 4.69) is 54.8 Å². The van der Waals surface area contributed by atoms with Crippen molar-refractivity contribution in [2.45, 2.75) is 26.2 Å². The smallest absolute Gasteiger partial charge is 0.282 e. The van der Waals surface area contributed by atoms with Crippen LogP contribution in [-0.2, 0) is 6.42 Å². The second kappa shape index (κ2) is 11.0. The minimum atomic E-state index is -0.248. The van der Waals surface area contributed by atoms with Gasteiger partial charge in [-0.25, -0.2) is 4.98 Å². The Kier molecular flexibility index (Phi) is 8.35. The van der Waals surface area contributed by atoms with E-state index in [0.717, 1.165) is 17.3 Å².